The van der Waals surface area contributed by atoms with Crippen LogP contribution in [0.15, 0.2) is 18.3 Å². The van der Waals surface area contributed by atoms with Crippen LogP contribution in [-0.4, -0.2) is 49.8 Å². The number of pyridine rings is 1. The fourth-order valence-corrected chi connectivity index (χ4v) is 1.96. The van der Waals surface area contributed by atoms with E-state index >= 15 is 0 Å². The van der Waals surface area contributed by atoms with E-state index in [1.807, 2.05) is 6.07 Å². The second-order valence-electron chi connectivity index (χ2n) is 5.15. The summed E-state index contributed by atoms with van der Waals surface area (Å²) in [5.74, 6) is 0.226. The molecule has 0 amide bonds. The minimum Gasteiger partial charge on any atom is -0.465 e. The third-order valence-corrected chi connectivity index (χ3v) is 2.87. The zero-order chi connectivity index (χ0) is 15.0. The lowest BCUT2D eigenvalue weighted by molar-refractivity contribution is 0.0600. The first kappa shape index (κ1) is 16.6. The first-order chi connectivity index (χ1) is 9.56. The maximum atomic E-state index is 11.3. The third kappa shape index (κ3) is 5.67. The SMILES string of the molecule is COCCN(Cc1ccc(C(=O)OC)cn1)CC(C)C. The molecule has 0 saturated heterocycles. The Hall–Kier alpha value is -1.46. The van der Waals surface area contributed by atoms with Gasteiger partial charge in [-0.15, -0.1) is 0 Å². The van der Waals surface area contributed by atoms with Crippen molar-refractivity contribution in [2.75, 3.05) is 33.9 Å². The van der Waals surface area contributed by atoms with E-state index in [4.69, 9.17) is 4.74 Å². The standard InChI is InChI=1S/C15H24N2O3/c1-12(2)10-17(7-8-19-3)11-14-6-5-13(9-16-14)15(18)20-4/h5-6,9,12H,7-8,10-11H2,1-4H3. The molecule has 0 aliphatic heterocycles. The summed E-state index contributed by atoms with van der Waals surface area (Å²) in [6, 6.07) is 3.62. The first-order valence-electron chi connectivity index (χ1n) is 6.81. The molecule has 20 heavy (non-hydrogen) atoms. The number of carbonyl (C=O) groups excluding carboxylic acids is 1. The Morgan fingerprint density at radius 1 is 1.35 bits per heavy atom. The van der Waals surface area contributed by atoms with Gasteiger partial charge in [0.25, 0.3) is 0 Å². The lowest BCUT2D eigenvalue weighted by atomic mass is 10.2. The van der Waals surface area contributed by atoms with Crippen molar-refractivity contribution in [3.63, 3.8) is 0 Å². The highest BCUT2D eigenvalue weighted by molar-refractivity contribution is 5.88. The smallest absolute Gasteiger partial charge is 0.339 e. The first-order valence-corrected chi connectivity index (χ1v) is 6.81. The molecule has 0 fully saturated rings. The van der Waals surface area contributed by atoms with Crippen LogP contribution in [0.25, 0.3) is 0 Å². The normalized spacial score (nSPS) is 11.1. The Kier molecular flexibility index (Phi) is 7.18. The zero-order valence-electron chi connectivity index (χ0n) is 12.8. The number of hydrogen-bond donors (Lipinski definition) is 0. The predicted molar refractivity (Wildman–Crippen MR) is 77.6 cm³/mol. The minimum atomic E-state index is -0.359. The second-order valence-corrected chi connectivity index (χ2v) is 5.15. The van der Waals surface area contributed by atoms with Gasteiger partial charge in [0.05, 0.1) is 25.0 Å². The summed E-state index contributed by atoms with van der Waals surface area (Å²) in [7, 11) is 3.07. The van der Waals surface area contributed by atoms with Crippen LogP contribution in [0.3, 0.4) is 0 Å². The van der Waals surface area contributed by atoms with Crippen LogP contribution in [-0.2, 0) is 16.0 Å². The van der Waals surface area contributed by atoms with Gasteiger partial charge in [-0.3, -0.25) is 9.88 Å². The van der Waals surface area contributed by atoms with E-state index in [2.05, 4.69) is 28.5 Å². The van der Waals surface area contributed by atoms with Gasteiger partial charge in [-0.05, 0) is 18.1 Å². The minimum absolute atomic E-state index is 0.359. The second kappa shape index (κ2) is 8.66. The largest absolute Gasteiger partial charge is 0.465 e. The van der Waals surface area contributed by atoms with Crippen molar-refractivity contribution in [1.82, 2.24) is 9.88 Å². The summed E-state index contributed by atoms with van der Waals surface area (Å²) in [5.41, 5.74) is 1.41. The predicted octanol–water partition coefficient (Wildman–Crippen LogP) is 1.97. The number of carbonyl (C=O) groups is 1. The van der Waals surface area contributed by atoms with Gasteiger partial charge in [0, 0.05) is 32.9 Å². The van der Waals surface area contributed by atoms with Gasteiger partial charge in [-0.1, -0.05) is 13.8 Å². The molecule has 112 valence electrons. The molecule has 1 rings (SSSR count). The lowest BCUT2D eigenvalue weighted by Crippen LogP contribution is -2.31. The fraction of sp³-hybridized carbons (Fsp3) is 0.600. The van der Waals surface area contributed by atoms with Crippen LogP contribution in [0.1, 0.15) is 29.9 Å². The van der Waals surface area contributed by atoms with Crippen LogP contribution in [0.2, 0.25) is 0 Å². The van der Waals surface area contributed by atoms with Crippen molar-refractivity contribution in [2.45, 2.75) is 20.4 Å². The number of methoxy groups -OCH3 is 2. The highest BCUT2D eigenvalue weighted by Gasteiger charge is 2.10. The molecular formula is C15H24N2O3. The highest BCUT2D eigenvalue weighted by atomic mass is 16.5. The number of nitrogens with zero attached hydrogens (tertiary/aromatic N) is 2. The van der Waals surface area contributed by atoms with Gasteiger partial charge in [0.2, 0.25) is 0 Å². The molecule has 0 aliphatic rings. The van der Waals surface area contributed by atoms with Crippen molar-refractivity contribution < 1.29 is 14.3 Å². The van der Waals surface area contributed by atoms with E-state index in [-0.39, 0.29) is 5.97 Å². The maximum absolute atomic E-state index is 11.3. The van der Waals surface area contributed by atoms with Crippen molar-refractivity contribution in [2.24, 2.45) is 5.92 Å². The third-order valence-electron chi connectivity index (χ3n) is 2.87. The highest BCUT2D eigenvalue weighted by Crippen LogP contribution is 2.07. The molecule has 0 atom stereocenters. The average molecular weight is 280 g/mol. The van der Waals surface area contributed by atoms with Crippen LogP contribution >= 0.6 is 0 Å². The summed E-state index contributed by atoms with van der Waals surface area (Å²) < 4.78 is 9.79. The van der Waals surface area contributed by atoms with E-state index in [1.54, 1.807) is 19.4 Å². The monoisotopic (exact) mass is 280 g/mol. The number of hydrogen-bond acceptors (Lipinski definition) is 5. The Labute approximate surface area is 120 Å². The molecule has 5 heteroatoms. The molecule has 1 aromatic rings. The molecule has 0 aromatic carbocycles. The molecule has 0 bridgehead atoms. The van der Waals surface area contributed by atoms with Gasteiger partial charge >= 0.3 is 5.97 Å². The number of rotatable bonds is 8. The molecule has 1 heterocycles. The Morgan fingerprint density at radius 2 is 2.10 bits per heavy atom. The topological polar surface area (TPSA) is 51.7 Å². The van der Waals surface area contributed by atoms with E-state index in [1.165, 1.54) is 7.11 Å². The Morgan fingerprint density at radius 3 is 2.60 bits per heavy atom. The Bertz CT molecular complexity index is 404. The van der Waals surface area contributed by atoms with Crippen molar-refractivity contribution in [3.8, 4) is 0 Å². The van der Waals surface area contributed by atoms with E-state index in [0.717, 1.165) is 25.3 Å². The molecule has 0 radical (unpaired) electrons. The summed E-state index contributed by atoms with van der Waals surface area (Å²) in [6.45, 7) is 7.69. The number of ether oxygens (including phenoxy) is 2. The molecule has 0 aliphatic carbocycles. The lowest BCUT2D eigenvalue weighted by Gasteiger charge is -2.23. The van der Waals surface area contributed by atoms with Crippen LogP contribution in [0, 0.1) is 5.92 Å². The molecule has 0 saturated carbocycles. The summed E-state index contributed by atoms with van der Waals surface area (Å²) in [6.07, 6.45) is 1.56. The molecule has 5 nitrogen and oxygen atoms in total. The molecule has 0 spiro atoms. The van der Waals surface area contributed by atoms with Gasteiger partial charge in [0.15, 0.2) is 0 Å². The van der Waals surface area contributed by atoms with Crippen LogP contribution < -0.4 is 0 Å². The summed E-state index contributed by atoms with van der Waals surface area (Å²) in [4.78, 5) is 18.0. The molecule has 1 aromatic heterocycles. The Balaban J connectivity index is 2.65. The van der Waals surface area contributed by atoms with Crippen molar-refractivity contribution in [1.29, 1.82) is 0 Å². The van der Waals surface area contributed by atoms with Crippen LogP contribution in [0.4, 0.5) is 0 Å². The van der Waals surface area contributed by atoms with E-state index in [9.17, 15) is 4.79 Å². The van der Waals surface area contributed by atoms with E-state index < -0.39 is 0 Å². The van der Waals surface area contributed by atoms with Crippen molar-refractivity contribution in [3.05, 3.63) is 29.6 Å². The van der Waals surface area contributed by atoms with Crippen molar-refractivity contribution >= 4 is 5.97 Å². The zero-order valence-corrected chi connectivity index (χ0v) is 12.8. The number of aromatic nitrogens is 1. The molecule has 0 N–H and O–H groups in total. The van der Waals surface area contributed by atoms with Gasteiger partial charge in [-0.25, -0.2) is 4.79 Å². The summed E-state index contributed by atoms with van der Waals surface area (Å²) >= 11 is 0. The van der Waals surface area contributed by atoms with E-state index in [0.29, 0.717) is 18.1 Å². The fourth-order valence-electron chi connectivity index (χ4n) is 1.96. The molecule has 0 unspecified atom stereocenters. The number of esters is 1. The maximum Gasteiger partial charge on any atom is 0.339 e. The summed E-state index contributed by atoms with van der Waals surface area (Å²) in [5, 5.41) is 0. The van der Waals surface area contributed by atoms with Gasteiger partial charge < -0.3 is 9.47 Å². The molecular weight excluding hydrogens is 256 g/mol. The van der Waals surface area contributed by atoms with Crippen LogP contribution in [0.5, 0.6) is 0 Å². The quantitative estimate of drug-likeness (QED) is 0.681. The average Bonchev–Trinajstić information content (AvgIpc) is 2.44. The van der Waals surface area contributed by atoms with Gasteiger partial charge in [-0.2, -0.15) is 0 Å². The van der Waals surface area contributed by atoms with Gasteiger partial charge in [0.1, 0.15) is 0 Å².